The third kappa shape index (κ3) is 8.51. The molecule has 0 aromatic heterocycles. The Bertz CT molecular complexity index is 1020. The molecule has 2 rings (SSSR count). The number of ketones is 2. The fourth-order valence-electron chi connectivity index (χ4n) is 4.11. The van der Waals surface area contributed by atoms with E-state index < -0.39 is 23.8 Å². The molecule has 1 aliphatic rings. The second kappa shape index (κ2) is 14.9. The molecule has 0 saturated carbocycles. The van der Waals surface area contributed by atoms with E-state index >= 15 is 0 Å². The van der Waals surface area contributed by atoms with Gasteiger partial charge in [0.2, 0.25) is 5.91 Å². The number of nitrogens with zero attached hydrogens (tertiary/aromatic N) is 1. The number of carbonyl (C=O) groups excluding carboxylic acids is 6. The minimum atomic E-state index is -1.05. The lowest BCUT2D eigenvalue weighted by Crippen LogP contribution is -2.44. The number of hydrogen-bond acceptors (Lipinski definition) is 7. The van der Waals surface area contributed by atoms with Gasteiger partial charge in [-0.25, -0.2) is 0 Å². The van der Waals surface area contributed by atoms with Crippen molar-refractivity contribution in [1.29, 1.82) is 0 Å². The van der Waals surface area contributed by atoms with Crippen molar-refractivity contribution in [3.8, 4) is 5.75 Å². The van der Waals surface area contributed by atoms with E-state index in [1.54, 1.807) is 6.07 Å². The van der Waals surface area contributed by atoms with Crippen molar-refractivity contribution in [3.05, 3.63) is 29.3 Å². The van der Waals surface area contributed by atoms with Gasteiger partial charge in [-0.05, 0) is 51.2 Å². The highest BCUT2D eigenvalue weighted by Crippen LogP contribution is 2.33. The molecular formula is C27H37N3O7. The van der Waals surface area contributed by atoms with Crippen LogP contribution in [-0.4, -0.2) is 65.8 Å². The van der Waals surface area contributed by atoms with Gasteiger partial charge in [0, 0.05) is 32.4 Å². The summed E-state index contributed by atoms with van der Waals surface area (Å²) in [5.41, 5.74) is 0.105. The number of imide groups is 1. The molecule has 0 aliphatic carbocycles. The van der Waals surface area contributed by atoms with Gasteiger partial charge in [-0.1, -0.05) is 19.9 Å². The van der Waals surface area contributed by atoms with Gasteiger partial charge in [0.05, 0.1) is 17.2 Å². The van der Waals surface area contributed by atoms with Crippen LogP contribution >= 0.6 is 0 Å². The second-order valence-corrected chi connectivity index (χ2v) is 9.06. The Morgan fingerprint density at radius 3 is 2.16 bits per heavy atom. The number of fused-ring (bicyclic) bond motifs is 1. The normalized spacial score (nSPS) is 13.2. The number of benzene rings is 1. The quantitative estimate of drug-likeness (QED) is 0.240. The highest BCUT2D eigenvalue weighted by Gasteiger charge is 2.43. The molecule has 1 aromatic rings. The molecule has 1 atom stereocenters. The number of amides is 4. The van der Waals surface area contributed by atoms with Crippen LogP contribution in [0.1, 0.15) is 92.9 Å². The highest BCUT2D eigenvalue weighted by atomic mass is 16.5. The predicted octanol–water partition coefficient (Wildman–Crippen LogP) is 2.58. The van der Waals surface area contributed by atoms with E-state index in [0.29, 0.717) is 38.8 Å². The molecule has 10 nitrogen and oxygen atoms in total. The lowest BCUT2D eigenvalue weighted by atomic mass is 10.0. The smallest absolute Gasteiger partial charge is 0.266 e. The van der Waals surface area contributed by atoms with Crippen LogP contribution in [0, 0.1) is 0 Å². The van der Waals surface area contributed by atoms with Gasteiger partial charge in [0.15, 0.2) is 12.4 Å². The Kier molecular flexibility index (Phi) is 11.9. The van der Waals surface area contributed by atoms with Crippen LogP contribution in [0.25, 0.3) is 0 Å². The van der Waals surface area contributed by atoms with Gasteiger partial charge in [0.1, 0.15) is 11.5 Å². The van der Waals surface area contributed by atoms with E-state index in [1.807, 2.05) is 13.8 Å². The average Bonchev–Trinajstić information content (AvgIpc) is 3.11. The Morgan fingerprint density at radius 1 is 0.892 bits per heavy atom. The standard InChI is InChI=1S/C27H37N3O7/c1-4-9-19(32)13-14-21(18(3)31)30-26(35)20-11-8-12-22(25(20)27(30)36)37-17-24(34)29-16-7-6-15-28-23(33)10-5-2/h8,11-12,21H,4-7,9-10,13-17H2,1-3H3,(H,28,33)(H,29,34). The van der Waals surface area contributed by atoms with Gasteiger partial charge < -0.3 is 15.4 Å². The minimum absolute atomic E-state index is 0.00857. The molecule has 10 heteroatoms. The van der Waals surface area contributed by atoms with Crippen molar-refractivity contribution in [2.45, 2.75) is 78.2 Å². The Hall–Kier alpha value is -3.56. The number of rotatable bonds is 17. The average molecular weight is 516 g/mol. The number of unbranched alkanes of at least 4 members (excludes halogenated alkanes) is 1. The number of hydrogen-bond donors (Lipinski definition) is 2. The summed E-state index contributed by atoms with van der Waals surface area (Å²) < 4.78 is 5.58. The SMILES string of the molecule is CCCC(=O)CCC(C(C)=O)N1C(=O)c2cccc(OCC(=O)NCCCCNC(=O)CCC)c2C1=O. The van der Waals surface area contributed by atoms with Gasteiger partial charge >= 0.3 is 0 Å². The lowest BCUT2D eigenvalue weighted by molar-refractivity contribution is -0.123. The first-order valence-corrected chi connectivity index (χ1v) is 12.9. The summed E-state index contributed by atoms with van der Waals surface area (Å²) in [5, 5.41) is 5.53. The van der Waals surface area contributed by atoms with E-state index in [1.165, 1.54) is 19.1 Å². The van der Waals surface area contributed by atoms with Gasteiger partial charge in [-0.15, -0.1) is 0 Å². The molecular weight excluding hydrogens is 478 g/mol. The third-order valence-electron chi connectivity index (χ3n) is 6.00. The summed E-state index contributed by atoms with van der Waals surface area (Å²) >= 11 is 0. The van der Waals surface area contributed by atoms with Crippen molar-refractivity contribution in [1.82, 2.24) is 15.5 Å². The number of ether oxygens (including phenoxy) is 1. The fourth-order valence-corrected chi connectivity index (χ4v) is 4.11. The molecule has 4 amide bonds. The topological polar surface area (TPSA) is 139 Å². The van der Waals surface area contributed by atoms with Crippen molar-refractivity contribution in [2.24, 2.45) is 0 Å². The lowest BCUT2D eigenvalue weighted by Gasteiger charge is -2.23. The zero-order valence-corrected chi connectivity index (χ0v) is 21.9. The van der Waals surface area contributed by atoms with E-state index in [2.05, 4.69) is 10.6 Å². The van der Waals surface area contributed by atoms with Crippen LogP contribution in [0.3, 0.4) is 0 Å². The number of carbonyl (C=O) groups is 6. The molecule has 0 saturated heterocycles. The molecule has 1 aliphatic heterocycles. The summed E-state index contributed by atoms with van der Waals surface area (Å²) in [5.74, 6) is -2.00. The second-order valence-electron chi connectivity index (χ2n) is 9.06. The minimum Gasteiger partial charge on any atom is -0.483 e. The maximum absolute atomic E-state index is 13.2. The first-order valence-electron chi connectivity index (χ1n) is 12.9. The van der Waals surface area contributed by atoms with Crippen LogP contribution in [0.5, 0.6) is 5.75 Å². The molecule has 2 N–H and O–H groups in total. The summed E-state index contributed by atoms with van der Waals surface area (Å²) in [6.45, 7) is 5.70. The molecule has 0 spiro atoms. The van der Waals surface area contributed by atoms with Crippen LogP contribution in [-0.2, 0) is 19.2 Å². The molecule has 1 heterocycles. The molecule has 0 fully saturated rings. The third-order valence-corrected chi connectivity index (χ3v) is 6.00. The van der Waals surface area contributed by atoms with Crippen LogP contribution in [0.4, 0.5) is 0 Å². The predicted molar refractivity (Wildman–Crippen MR) is 136 cm³/mol. The van der Waals surface area contributed by atoms with Crippen molar-refractivity contribution in [3.63, 3.8) is 0 Å². The summed E-state index contributed by atoms with van der Waals surface area (Å²) in [6, 6.07) is 3.46. The molecule has 0 radical (unpaired) electrons. The van der Waals surface area contributed by atoms with E-state index in [9.17, 15) is 28.8 Å². The summed E-state index contributed by atoms with van der Waals surface area (Å²) in [4.78, 5) is 75.1. The molecule has 202 valence electrons. The van der Waals surface area contributed by atoms with Gasteiger partial charge in [-0.3, -0.25) is 33.7 Å². The maximum atomic E-state index is 13.2. The Morgan fingerprint density at radius 2 is 1.54 bits per heavy atom. The molecule has 1 unspecified atom stereocenters. The first kappa shape index (κ1) is 29.7. The molecule has 1 aromatic carbocycles. The van der Waals surface area contributed by atoms with Crippen molar-refractivity contribution < 1.29 is 33.5 Å². The van der Waals surface area contributed by atoms with E-state index in [-0.39, 0.29) is 53.8 Å². The first-order chi connectivity index (χ1) is 17.7. The monoisotopic (exact) mass is 515 g/mol. The highest BCUT2D eigenvalue weighted by molar-refractivity contribution is 6.24. The van der Waals surface area contributed by atoms with Gasteiger partial charge in [0.25, 0.3) is 17.7 Å². The maximum Gasteiger partial charge on any atom is 0.266 e. The van der Waals surface area contributed by atoms with Crippen molar-refractivity contribution in [2.75, 3.05) is 19.7 Å². The zero-order chi connectivity index (χ0) is 27.4. The van der Waals surface area contributed by atoms with Crippen LogP contribution < -0.4 is 15.4 Å². The zero-order valence-electron chi connectivity index (χ0n) is 21.9. The van der Waals surface area contributed by atoms with E-state index in [4.69, 9.17) is 4.74 Å². The van der Waals surface area contributed by atoms with Crippen molar-refractivity contribution >= 4 is 35.2 Å². The summed E-state index contributed by atoms with van der Waals surface area (Å²) in [6.07, 6.45) is 3.91. The van der Waals surface area contributed by atoms with Crippen LogP contribution in [0.2, 0.25) is 0 Å². The largest absolute Gasteiger partial charge is 0.483 e. The van der Waals surface area contributed by atoms with Gasteiger partial charge in [-0.2, -0.15) is 0 Å². The van der Waals surface area contributed by atoms with E-state index in [0.717, 1.165) is 17.7 Å². The Balaban J connectivity index is 1.94. The Labute approximate surface area is 217 Å². The number of nitrogens with one attached hydrogen (secondary N) is 2. The number of Topliss-reactive ketones (excluding diaryl/α,β-unsaturated/α-hetero) is 2. The fraction of sp³-hybridized carbons (Fsp3) is 0.556. The summed E-state index contributed by atoms with van der Waals surface area (Å²) in [7, 11) is 0. The molecule has 37 heavy (non-hydrogen) atoms. The van der Waals surface area contributed by atoms with Crippen LogP contribution in [0.15, 0.2) is 18.2 Å². The molecule has 0 bridgehead atoms.